The number of hydrogen-bond donors (Lipinski definition) is 2. The average Bonchev–Trinajstić information content (AvgIpc) is 3.38. The Balaban J connectivity index is 1.53. The molecule has 1 aliphatic rings. The summed E-state index contributed by atoms with van der Waals surface area (Å²) >= 11 is 0. The van der Waals surface area contributed by atoms with Gasteiger partial charge in [0.2, 0.25) is 0 Å². The summed E-state index contributed by atoms with van der Waals surface area (Å²) in [5.74, 6) is 2.52. The van der Waals surface area contributed by atoms with Gasteiger partial charge < -0.3 is 20.1 Å². The fourth-order valence-electron chi connectivity index (χ4n) is 2.15. The van der Waals surface area contributed by atoms with Crippen molar-refractivity contribution in [2.75, 3.05) is 33.4 Å². The van der Waals surface area contributed by atoms with Crippen LogP contribution in [0, 0.1) is 5.92 Å². The van der Waals surface area contributed by atoms with Crippen molar-refractivity contribution < 1.29 is 9.47 Å². The van der Waals surface area contributed by atoms with Gasteiger partial charge in [-0.25, -0.2) is 0 Å². The molecule has 1 saturated carbocycles. The second kappa shape index (κ2) is 10.1. The largest absolute Gasteiger partial charge is 0.489 e. The third-order valence-electron chi connectivity index (χ3n) is 3.67. The zero-order valence-corrected chi connectivity index (χ0v) is 14.3. The number of nitrogens with zero attached hydrogens (tertiary/aromatic N) is 1. The monoisotopic (exact) mass is 319 g/mol. The van der Waals surface area contributed by atoms with Crippen LogP contribution in [0.1, 0.15) is 26.2 Å². The van der Waals surface area contributed by atoms with Gasteiger partial charge in [0.05, 0.1) is 6.54 Å². The van der Waals surface area contributed by atoms with E-state index in [9.17, 15) is 0 Å². The summed E-state index contributed by atoms with van der Waals surface area (Å²) in [5.41, 5.74) is 0. The number of hydrogen-bond acceptors (Lipinski definition) is 3. The highest BCUT2D eigenvalue weighted by molar-refractivity contribution is 5.79. The van der Waals surface area contributed by atoms with Crippen molar-refractivity contribution in [2.24, 2.45) is 10.9 Å². The zero-order valence-electron chi connectivity index (χ0n) is 14.3. The lowest BCUT2D eigenvalue weighted by molar-refractivity contribution is 0.123. The van der Waals surface area contributed by atoms with E-state index in [0.717, 1.165) is 43.8 Å². The Morgan fingerprint density at radius 2 is 2.04 bits per heavy atom. The molecule has 1 aliphatic carbocycles. The third-order valence-corrected chi connectivity index (χ3v) is 3.67. The van der Waals surface area contributed by atoms with E-state index < -0.39 is 0 Å². The Kier molecular flexibility index (Phi) is 7.73. The van der Waals surface area contributed by atoms with E-state index in [1.54, 1.807) is 7.05 Å². The zero-order chi connectivity index (χ0) is 16.3. The molecule has 2 N–H and O–H groups in total. The number of ether oxygens (including phenoxy) is 2. The first-order chi connectivity index (χ1) is 11.3. The first kappa shape index (κ1) is 17.6. The number of para-hydroxylation sites is 1. The fourth-order valence-corrected chi connectivity index (χ4v) is 2.15. The Morgan fingerprint density at radius 1 is 1.26 bits per heavy atom. The van der Waals surface area contributed by atoms with Gasteiger partial charge in [-0.15, -0.1) is 0 Å². The molecule has 0 heterocycles. The van der Waals surface area contributed by atoms with Crippen LogP contribution in [0.15, 0.2) is 35.3 Å². The number of guanidine groups is 1. The van der Waals surface area contributed by atoms with Crippen molar-refractivity contribution in [3.05, 3.63) is 30.3 Å². The Morgan fingerprint density at radius 3 is 2.74 bits per heavy atom. The molecule has 1 unspecified atom stereocenters. The van der Waals surface area contributed by atoms with E-state index in [1.807, 2.05) is 37.3 Å². The maximum atomic E-state index is 5.83. The minimum Gasteiger partial charge on any atom is -0.489 e. The predicted molar refractivity (Wildman–Crippen MR) is 94.1 cm³/mol. The van der Waals surface area contributed by atoms with Crippen LogP contribution in [-0.4, -0.2) is 45.4 Å². The molecule has 5 nitrogen and oxygen atoms in total. The van der Waals surface area contributed by atoms with E-state index in [-0.39, 0.29) is 6.10 Å². The first-order valence-corrected chi connectivity index (χ1v) is 8.52. The second-order valence-electron chi connectivity index (χ2n) is 5.99. The molecule has 0 aliphatic heterocycles. The lowest BCUT2D eigenvalue weighted by Gasteiger charge is -2.17. The highest BCUT2D eigenvalue weighted by Crippen LogP contribution is 2.28. The molecule has 1 aromatic rings. The Labute approximate surface area is 139 Å². The van der Waals surface area contributed by atoms with Crippen molar-refractivity contribution in [1.29, 1.82) is 0 Å². The molecule has 2 rings (SSSR count). The molecular formula is C18H29N3O2. The van der Waals surface area contributed by atoms with Crippen LogP contribution in [0.3, 0.4) is 0 Å². The Bertz CT molecular complexity index is 461. The second-order valence-corrected chi connectivity index (χ2v) is 5.99. The number of aliphatic imine (C=N–C) groups is 1. The molecule has 0 amide bonds. The molecule has 23 heavy (non-hydrogen) atoms. The van der Waals surface area contributed by atoms with E-state index >= 15 is 0 Å². The van der Waals surface area contributed by atoms with Gasteiger partial charge in [0.1, 0.15) is 11.9 Å². The lowest BCUT2D eigenvalue weighted by Crippen LogP contribution is -2.42. The van der Waals surface area contributed by atoms with E-state index in [0.29, 0.717) is 6.54 Å². The van der Waals surface area contributed by atoms with Gasteiger partial charge in [-0.3, -0.25) is 4.99 Å². The summed E-state index contributed by atoms with van der Waals surface area (Å²) in [6.45, 7) is 5.35. The summed E-state index contributed by atoms with van der Waals surface area (Å²) in [6, 6.07) is 9.86. The van der Waals surface area contributed by atoms with Gasteiger partial charge in [0, 0.05) is 26.8 Å². The van der Waals surface area contributed by atoms with Crippen LogP contribution in [-0.2, 0) is 4.74 Å². The third kappa shape index (κ3) is 7.88. The summed E-state index contributed by atoms with van der Waals surface area (Å²) < 4.78 is 11.4. The summed E-state index contributed by atoms with van der Waals surface area (Å²) in [4.78, 5) is 4.22. The number of rotatable bonds is 10. The van der Waals surface area contributed by atoms with Crippen LogP contribution >= 0.6 is 0 Å². The highest BCUT2D eigenvalue weighted by atomic mass is 16.5. The van der Waals surface area contributed by atoms with Crippen molar-refractivity contribution in [3.63, 3.8) is 0 Å². The van der Waals surface area contributed by atoms with Gasteiger partial charge in [0.25, 0.3) is 0 Å². The van der Waals surface area contributed by atoms with Crippen molar-refractivity contribution in [1.82, 2.24) is 10.6 Å². The summed E-state index contributed by atoms with van der Waals surface area (Å²) in [7, 11) is 1.78. The van der Waals surface area contributed by atoms with Crippen LogP contribution in [0.2, 0.25) is 0 Å². The van der Waals surface area contributed by atoms with Crippen LogP contribution in [0.25, 0.3) is 0 Å². The quantitative estimate of drug-likeness (QED) is 0.395. The van der Waals surface area contributed by atoms with E-state index in [2.05, 4.69) is 15.6 Å². The van der Waals surface area contributed by atoms with Crippen LogP contribution < -0.4 is 15.4 Å². The molecule has 1 fully saturated rings. The van der Waals surface area contributed by atoms with E-state index in [1.165, 1.54) is 12.8 Å². The maximum Gasteiger partial charge on any atom is 0.191 e. The molecule has 0 bridgehead atoms. The number of benzene rings is 1. The van der Waals surface area contributed by atoms with Gasteiger partial charge >= 0.3 is 0 Å². The van der Waals surface area contributed by atoms with Crippen molar-refractivity contribution >= 4 is 5.96 Å². The first-order valence-electron chi connectivity index (χ1n) is 8.52. The average molecular weight is 319 g/mol. The molecule has 1 aromatic carbocycles. The van der Waals surface area contributed by atoms with Gasteiger partial charge in [-0.05, 0) is 44.2 Å². The molecule has 0 aromatic heterocycles. The normalized spacial score (nSPS) is 16.0. The van der Waals surface area contributed by atoms with Gasteiger partial charge in [-0.1, -0.05) is 18.2 Å². The standard InChI is InChI=1S/C18H29N3O2/c1-15(23-17-7-4-3-5-8-17)13-21-18(19-2)20-11-6-12-22-14-16-9-10-16/h3-5,7-8,15-16H,6,9-14H2,1-2H3,(H2,19,20,21). The topological polar surface area (TPSA) is 54.9 Å². The Hall–Kier alpha value is -1.75. The number of nitrogens with one attached hydrogen (secondary N) is 2. The van der Waals surface area contributed by atoms with Gasteiger partial charge in [-0.2, -0.15) is 0 Å². The van der Waals surface area contributed by atoms with Crippen LogP contribution in [0.4, 0.5) is 0 Å². The molecule has 0 spiro atoms. The molecule has 0 radical (unpaired) electrons. The highest BCUT2D eigenvalue weighted by Gasteiger charge is 2.20. The maximum absolute atomic E-state index is 5.83. The lowest BCUT2D eigenvalue weighted by atomic mass is 10.3. The minimum absolute atomic E-state index is 0.0674. The summed E-state index contributed by atoms with van der Waals surface area (Å²) in [6.07, 6.45) is 3.75. The molecule has 5 heteroatoms. The van der Waals surface area contributed by atoms with Gasteiger partial charge in [0.15, 0.2) is 5.96 Å². The minimum atomic E-state index is 0.0674. The molecule has 1 atom stereocenters. The van der Waals surface area contributed by atoms with Crippen LogP contribution in [0.5, 0.6) is 5.75 Å². The molecule has 0 saturated heterocycles. The molecule has 128 valence electrons. The SMILES string of the molecule is CN=C(NCCCOCC1CC1)NCC(C)Oc1ccccc1. The molecular weight excluding hydrogens is 290 g/mol. The van der Waals surface area contributed by atoms with E-state index in [4.69, 9.17) is 9.47 Å². The predicted octanol–water partition coefficient (Wildman–Crippen LogP) is 2.44. The van der Waals surface area contributed by atoms with Crippen molar-refractivity contribution in [2.45, 2.75) is 32.3 Å². The smallest absolute Gasteiger partial charge is 0.191 e. The fraction of sp³-hybridized carbons (Fsp3) is 0.611. The summed E-state index contributed by atoms with van der Waals surface area (Å²) in [5, 5.41) is 6.58. The van der Waals surface area contributed by atoms with Crippen molar-refractivity contribution in [3.8, 4) is 5.75 Å².